The number of halogens is 3. The van der Waals surface area contributed by atoms with Crippen LogP contribution in [0.25, 0.3) is 0 Å². The standard InChI is InChI=1S/C14H18F3NO2/c1-19-13-7-6-11(8-12(13)18)20-10-4-2-9(3-5-10)14(15,16)17/h6-10H,2-5,18H2,1H3/t9-,10-. The molecule has 0 atom stereocenters. The van der Waals surface area contributed by atoms with E-state index in [0.29, 0.717) is 30.0 Å². The molecule has 2 rings (SSSR count). The third-order valence-corrected chi connectivity index (χ3v) is 3.64. The molecule has 1 aromatic rings. The van der Waals surface area contributed by atoms with E-state index in [2.05, 4.69) is 0 Å². The Kier molecular flexibility index (Phi) is 4.30. The SMILES string of the molecule is COc1ccc(O[C@H]2CC[C@H](C(F)(F)F)CC2)cc1N. The van der Waals surface area contributed by atoms with Gasteiger partial charge in [-0.15, -0.1) is 0 Å². The van der Waals surface area contributed by atoms with Crippen LogP contribution in [0.5, 0.6) is 11.5 Å². The first-order chi connectivity index (χ1) is 9.40. The number of nitrogen functional groups attached to an aromatic ring is 1. The molecule has 1 aromatic carbocycles. The topological polar surface area (TPSA) is 44.5 Å². The lowest BCUT2D eigenvalue weighted by molar-refractivity contribution is -0.185. The van der Waals surface area contributed by atoms with Gasteiger partial charge in [-0.2, -0.15) is 13.2 Å². The van der Waals surface area contributed by atoms with E-state index < -0.39 is 12.1 Å². The van der Waals surface area contributed by atoms with Crippen molar-refractivity contribution < 1.29 is 22.6 Å². The second-order valence-corrected chi connectivity index (χ2v) is 5.04. The highest BCUT2D eigenvalue weighted by Gasteiger charge is 2.41. The van der Waals surface area contributed by atoms with E-state index in [1.54, 1.807) is 18.2 Å². The smallest absolute Gasteiger partial charge is 0.391 e. The Balaban J connectivity index is 1.91. The van der Waals surface area contributed by atoms with Gasteiger partial charge < -0.3 is 15.2 Å². The summed E-state index contributed by atoms with van der Waals surface area (Å²) in [6, 6.07) is 5.03. The van der Waals surface area contributed by atoms with E-state index in [1.807, 2.05) is 0 Å². The highest BCUT2D eigenvalue weighted by molar-refractivity contribution is 5.56. The van der Waals surface area contributed by atoms with Gasteiger partial charge in [-0.25, -0.2) is 0 Å². The van der Waals surface area contributed by atoms with Gasteiger partial charge in [0.25, 0.3) is 0 Å². The van der Waals surface area contributed by atoms with Crippen LogP contribution in [0, 0.1) is 5.92 Å². The van der Waals surface area contributed by atoms with Gasteiger partial charge in [0, 0.05) is 6.07 Å². The zero-order chi connectivity index (χ0) is 14.8. The number of benzene rings is 1. The number of anilines is 1. The zero-order valence-corrected chi connectivity index (χ0v) is 11.2. The van der Waals surface area contributed by atoms with E-state index in [4.69, 9.17) is 15.2 Å². The summed E-state index contributed by atoms with van der Waals surface area (Å²) < 4.78 is 48.4. The summed E-state index contributed by atoms with van der Waals surface area (Å²) in [6.07, 6.45) is -3.19. The Labute approximate surface area is 115 Å². The van der Waals surface area contributed by atoms with Gasteiger partial charge in [-0.3, -0.25) is 0 Å². The van der Waals surface area contributed by atoms with Crippen LogP contribution in [0.3, 0.4) is 0 Å². The van der Waals surface area contributed by atoms with Crippen molar-refractivity contribution in [1.29, 1.82) is 0 Å². The van der Waals surface area contributed by atoms with E-state index in [-0.39, 0.29) is 18.9 Å². The number of hydrogen-bond donors (Lipinski definition) is 1. The summed E-state index contributed by atoms with van der Waals surface area (Å²) >= 11 is 0. The molecule has 0 aromatic heterocycles. The fourth-order valence-electron chi connectivity index (χ4n) is 2.49. The van der Waals surface area contributed by atoms with Crippen molar-refractivity contribution in [2.75, 3.05) is 12.8 Å². The molecule has 1 aliphatic rings. The Morgan fingerprint density at radius 2 is 1.80 bits per heavy atom. The molecule has 1 fully saturated rings. The first-order valence-electron chi connectivity index (χ1n) is 6.57. The molecule has 20 heavy (non-hydrogen) atoms. The van der Waals surface area contributed by atoms with Crippen molar-refractivity contribution in [1.82, 2.24) is 0 Å². The minimum Gasteiger partial charge on any atom is -0.495 e. The molecule has 0 unspecified atom stereocenters. The lowest BCUT2D eigenvalue weighted by Gasteiger charge is -2.30. The van der Waals surface area contributed by atoms with E-state index in [9.17, 15) is 13.2 Å². The second-order valence-electron chi connectivity index (χ2n) is 5.04. The normalized spacial score (nSPS) is 23.4. The van der Waals surface area contributed by atoms with Crippen molar-refractivity contribution in [3.05, 3.63) is 18.2 Å². The average Bonchev–Trinajstić information content (AvgIpc) is 2.38. The zero-order valence-electron chi connectivity index (χ0n) is 11.2. The van der Waals surface area contributed by atoms with E-state index in [0.717, 1.165) is 0 Å². The summed E-state index contributed by atoms with van der Waals surface area (Å²) in [4.78, 5) is 0. The molecule has 0 amide bonds. The molecule has 0 spiro atoms. The Morgan fingerprint density at radius 3 is 2.30 bits per heavy atom. The number of rotatable bonds is 3. The van der Waals surface area contributed by atoms with Crippen molar-refractivity contribution in [3.8, 4) is 11.5 Å². The summed E-state index contributed by atoms with van der Waals surface area (Å²) in [5.41, 5.74) is 6.22. The quantitative estimate of drug-likeness (QED) is 0.861. The molecule has 1 saturated carbocycles. The first kappa shape index (κ1) is 14.8. The summed E-state index contributed by atoms with van der Waals surface area (Å²) in [6.45, 7) is 0. The molecule has 1 aliphatic carbocycles. The van der Waals surface area contributed by atoms with Crippen LogP contribution < -0.4 is 15.2 Å². The van der Waals surface area contributed by atoms with E-state index in [1.165, 1.54) is 7.11 Å². The minimum absolute atomic E-state index is 0.125. The number of alkyl halides is 3. The van der Waals surface area contributed by atoms with Gasteiger partial charge in [0.2, 0.25) is 0 Å². The number of methoxy groups -OCH3 is 1. The maximum absolute atomic E-state index is 12.6. The van der Waals surface area contributed by atoms with Crippen LogP contribution in [-0.2, 0) is 0 Å². The van der Waals surface area contributed by atoms with Crippen LogP contribution in [0.4, 0.5) is 18.9 Å². The number of nitrogens with two attached hydrogens (primary N) is 1. The highest BCUT2D eigenvalue weighted by atomic mass is 19.4. The number of ether oxygens (including phenoxy) is 2. The summed E-state index contributed by atoms with van der Waals surface area (Å²) in [5.74, 6) is -0.0693. The molecule has 0 aliphatic heterocycles. The molecule has 6 heteroatoms. The monoisotopic (exact) mass is 289 g/mol. The Bertz CT molecular complexity index is 454. The van der Waals surface area contributed by atoms with Crippen molar-refractivity contribution in [2.45, 2.75) is 38.0 Å². The minimum atomic E-state index is -4.09. The number of hydrogen-bond acceptors (Lipinski definition) is 3. The third-order valence-electron chi connectivity index (χ3n) is 3.64. The van der Waals surface area contributed by atoms with Crippen molar-refractivity contribution in [2.24, 2.45) is 5.92 Å². The molecular formula is C14H18F3NO2. The van der Waals surface area contributed by atoms with Gasteiger partial charge in [0.1, 0.15) is 11.5 Å². The average molecular weight is 289 g/mol. The van der Waals surface area contributed by atoms with Gasteiger partial charge in [0.15, 0.2) is 0 Å². The van der Waals surface area contributed by atoms with Crippen molar-refractivity contribution >= 4 is 5.69 Å². The van der Waals surface area contributed by atoms with Crippen LogP contribution in [-0.4, -0.2) is 19.4 Å². The highest BCUT2D eigenvalue weighted by Crippen LogP contribution is 2.38. The molecule has 3 nitrogen and oxygen atoms in total. The largest absolute Gasteiger partial charge is 0.495 e. The van der Waals surface area contributed by atoms with Crippen LogP contribution in [0.1, 0.15) is 25.7 Å². The molecular weight excluding hydrogens is 271 g/mol. The summed E-state index contributed by atoms with van der Waals surface area (Å²) in [5, 5.41) is 0. The second kappa shape index (κ2) is 5.81. The molecule has 112 valence electrons. The first-order valence-corrected chi connectivity index (χ1v) is 6.57. The molecule has 0 heterocycles. The van der Waals surface area contributed by atoms with Crippen molar-refractivity contribution in [3.63, 3.8) is 0 Å². The summed E-state index contributed by atoms with van der Waals surface area (Å²) in [7, 11) is 1.52. The molecule has 0 bridgehead atoms. The molecule has 2 N–H and O–H groups in total. The molecule has 0 saturated heterocycles. The predicted octanol–water partition coefficient (Wildman–Crippen LogP) is 3.78. The predicted molar refractivity (Wildman–Crippen MR) is 69.8 cm³/mol. The lowest BCUT2D eigenvalue weighted by Crippen LogP contribution is -2.31. The van der Waals surface area contributed by atoms with Gasteiger partial charge >= 0.3 is 6.18 Å². The third kappa shape index (κ3) is 3.49. The van der Waals surface area contributed by atoms with Crippen LogP contribution >= 0.6 is 0 Å². The van der Waals surface area contributed by atoms with Crippen LogP contribution in [0.15, 0.2) is 18.2 Å². The van der Waals surface area contributed by atoms with Gasteiger partial charge in [-0.1, -0.05) is 0 Å². The van der Waals surface area contributed by atoms with E-state index >= 15 is 0 Å². The Hall–Kier alpha value is -1.59. The fourth-order valence-corrected chi connectivity index (χ4v) is 2.49. The Morgan fingerprint density at radius 1 is 1.15 bits per heavy atom. The van der Waals surface area contributed by atoms with Gasteiger partial charge in [-0.05, 0) is 37.8 Å². The maximum Gasteiger partial charge on any atom is 0.391 e. The molecule has 0 radical (unpaired) electrons. The van der Waals surface area contributed by atoms with Crippen LogP contribution in [0.2, 0.25) is 0 Å². The maximum atomic E-state index is 12.6. The lowest BCUT2D eigenvalue weighted by atomic mass is 9.87. The van der Waals surface area contributed by atoms with Gasteiger partial charge in [0.05, 0.1) is 24.8 Å². The fraction of sp³-hybridized carbons (Fsp3) is 0.571.